The Kier molecular flexibility index (Phi) is 4.71. The smallest absolute Gasteiger partial charge is 0.411 e. The molecule has 0 aromatic heterocycles. The lowest BCUT2D eigenvalue weighted by molar-refractivity contribution is -0.366. The lowest BCUT2D eigenvalue weighted by atomic mass is 9.84. The summed E-state index contributed by atoms with van der Waals surface area (Å²) in [5, 5.41) is 9.91. The van der Waals surface area contributed by atoms with Gasteiger partial charge >= 0.3 is 23.7 Å². The second-order valence-electron chi connectivity index (χ2n) is 4.93. The van der Waals surface area contributed by atoms with E-state index in [9.17, 15) is 41.0 Å². The lowest BCUT2D eigenvalue weighted by Gasteiger charge is -2.40. The van der Waals surface area contributed by atoms with Crippen molar-refractivity contribution < 1.29 is 50.5 Å². The Labute approximate surface area is 120 Å². The number of hydrogen-bond acceptors (Lipinski definition) is 5. The number of carbonyl (C=O) groups is 2. The molecule has 0 amide bonds. The highest BCUT2D eigenvalue weighted by molar-refractivity contribution is 5.83. The molecule has 0 atom stereocenters. The van der Waals surface area contributed by atoms with Gasteiger partial charge in [0.1, 0.15) is 12.6 Å². The van der Waals surface area contributed by atoms with E-state index in [1.807, 2.05) is 0 Å². The summed E-state index contributed by atoms with van der Waals surface area (Å²) >= 11 is 0. The minimum atomic E-state index is -6.51. The molecule has 0 N–H and O–H groups in total. The maximum Gasteiger partial charge on any atom is 0.411 e. The number of alkyl halides is 6. The fourth-order valence-electron chi connectivity index (χ4n) is 1.54. The zero-order valence-electron chi connectivity index (χ0n) is 11.1. The van der Waals surface area contributed by atoms with E-state index in [1.54, 1.807) is 6.92 Å². The normalized spacial score (nSPS) is 18.5. The number of hydrogen-bond donors (Lipinski definition) is 0. The van der Waals surface area contributed by atoms with Gasteiger partial charge in [-0.25, -0.2) is 4.79 Å². The molecule has 5 nitrogen and oxygen atoms in total. The summed E-state index contributed by atoms with van der Waals surface area (Å²) in [6, 6.07) is 0. The molecule has 11 heteroatoms. The third kappa shape index (κ3) is 2.73. The van der Waals surface area contributed by atoms with Crippen LogP contribution in [-0.2, 0) is 19.1 Å². The molecule has 1 aliphatic rings. The molecule has 128 valence electrons. The monoisotopic (exact) mass is 337 g/mol. The van der Waals surface area contributed by atoms with Gasteiger partial charge in [0.05, 0.1) is 18.6 Å². The molecular formula is C11H11F6O5-. The molecule has 22 heavy (non-hydrogen) atoms. The van der Waals surface area contributed by atoms with Gasteiger partial charge < -0.3 is 19.4 Å². The van der Waals surface area contributed by atoms with E-state index in [4.69, 9.17) is 4.74 Å². The van der Waals surface area contributed by atoms with Gasteiger partial charge in [-0.2, -0.15) is 26.3 Å². The second kappa shape index (κ2) is 5.60. The van der Waals surface area contributed by atoms with Crippen LogP contribution in [0.5, 0.6) is 0 Å². The van der Waals surface area contributed by atoms with Crippen LogP contribution in [0.1, 0.15) is 13.3 Å². The van der Waals surface area contributed by atoms with Crippen LogP contribution in [0.3, 0.4) is 0 Å². The summed E-state index contributed by atoms with van der Waals surface area (Å²) in [6.45, 7) is 0.889. The number of carboxylic acid groups (broad SMARTS) is 1. The van der Waals surface area contributed by atoms with Crippen molar-refractivity contribution in [1.82, 2.24) is 0 Å². The Hall–Kier alpha value is -1.52. The van der Waals surface area contributed by atoms with Crippen molar-refractivity contribution in [1.29, 1.82) is 0 Å². The van der Waals surface area contributed by atoms with Gasteiger partial charge in [0.15, 0.2) is 0 Å². The van der Waals surface area contributed by atoms with Gasteiger partial charge in [-0.1, -0.05) is 6.92 Å². The summed E-state index contributed by atoms with van der Waals surface area (Å²) in [7, 11) is 0. The Morgan fingerprint density at radius 2 is 1.64 bits per heavy atom. The van der Waals surface area contributed by atoms with Crippen LogP contribution in [0.15, 0.2) is 0 Å². The Balaban J connectivity index is 2.88. The number of carbonyl (C=O) groups excluding carboxylic acids is 2. The van der Waals surface area contributed by atoms with E-state index in [0.717, 1.165) is 0 Å². The minimum Gasteiger partial charge on any atom is -0.544 e. The Morgan fingerprint density at radius 3 is 1.95 bits per heavy atom. The summed E-state index contributed by atoms with van der Waals surface area (Å²) in [5.41, 5.74) is -0.849. The third-order valence-electron chi connectivity index (χ3n) is 3.38. The summed E-state index contributed by atoms with van der Waals surface area (Å²) in [4.78, 5) is 21.0. The molecule has 0 aliphatic carbocycles. The summed E-state index contributed by atoms with van der Waals surface area (Å²) in [5.74, 6) is -25.5. The van der Waals surface area contributed by atoms with Crippen molar-refractivity contribution in [3.05, 3.63) is 0 Å². The summed E-state index contributed by atoms with van der Waals surface area (Å²) < 4.78 is 86.6. The van der Waals surface area contributed by atoms with Crippen LogP contribution in [0.4, 0.5) is 26.3 Å². The number of aliphatic carboxylic acids is 1. The van der Waals surface area contributed by atoms with E-state index in [1.165, 1.54) is 0 Å². The fraction of sp³-hybridized carbons (Fsp3) is 0.818. The van der Waals surface area contributed by atoms with Crippen molar-refractivity contribution >= 4 is 11.9 Å². The van der Waals surface area contributed by atoms with Crippen LogP contribution < -0.4 is 5.11 Å². The quantitative estimate of drug-likeness (QED) is 0.503. The molecule has 1 saturated heterocycles. The minimum absolute atomic E-state index is 0.0218. The van der Waals surface area contributed by atoms with Crippen molar-refractivity contribution in [3.63, 3.8) is 0 Å². The molecule has 1 fully saturated rings. The Morgan fingerprint density at radius 1 is 1.14 bits per heavy atom. The number of halogens is 6. The first-order valence-corrected chi connectivity index (χ1v) is 5.94. The highest BCUT2D eigenvalue weighted by Crippen LogP contribution is 2.46. The lowest BCUT2D eigenvalue weighted by Crippen LogP contribution is -2.64. The maximum atomic E-state index is 13.2. The molecule has 0 unspecified atom stereocenters. The average molecular weight is 337 g/mol. The van der Waals surface area contributed by atoms with Gasteiger partial charge in [-0.05, 0) is 6.42 Å². The SMILES string of the molecule is CCC1(COC(=O)C(F)(F)C(F)(F)C(F)(F)C(=O)[O-])COC1. The highest BCUT2D eigenvalue weighted by Gasteiger charge is 2.76. The van der Waals surface area contributed by atoms with E-state index >= 15 is 0 Å². The van der Waals surface area contributed by atoms with Gasteiger partial charge in [-0.15, -0.1) is 0 Å². The predicted octanol–water partition coefficient (Wildman–Crippen LogP) is 0.612. The second-order valence-corrected chi connectivity index (χ2v) is 4.93. The first-order chi connectivity index (χ1) is 9.84. The summed E-state index contributed by atoms with van der Waals surface area (Å²) in [6.07, 6.45) is 0.303. The van der Waals surface area contributed by atoms with Crippen molar-refractivity contribution in [3.8, 4) is 0 Å². The van der Waals surface area contributed by atoms with Gasteiger partial charge in [0, 0.05) is 0 Å². The van der Waals surface area contributed by atoms with Crippen molar-refractivity contribution in [2.75, 3.05) is 19.8 Å². The van der Waals surface area contributed by atoms with Gasteiger partial charge in [0.25, 0.3) is 0 Å². The molecule has 1 aliphatic heterocycles. The Bertz CT molecular complexity index is 454. The first kappa shape index (κ1) is 18.5. The maximum absolute atomic E-state index is 13.2. The molecule has 0 aromatic rings. The van der Waals surface area contributed by atoms with Crippen LogP contribution in [0.2, 0.25) is 0 Å². The number of carboxylic acids is 1. The molecule has 0 radical (unpaired) electrons. The molecule has 0 saturated carbocycles. The molecule has 1 heterocycles. The zero-order valence-corrected chi connectivity index (χ0v) is 11.1. The van der Waals surface area contributed by atoms with Gasteiger partial charge in [0.2, 0.25) is 0 Å². The van der Waals surface area contributed by atoms with E-state index in [0.29, 0.717) is 6.42 Å². The fourth-order valence-corrected chi connectivity index (χ4v) is 1.54. The molecule has 0 aromatic carbocycles. The molecule has 0 spiro atoms. The average Bonchev–Trinajstić information content (AvgIpc) is 2.36. The predicted molar refractivity (Wildman–Crippen MR) is 54.4 cm³/mol. The third-order valence-corrected chi connectivity index (χ3v) is 3.38. The standard InChI is InChI=1S/C11H12F6O5/c1-2-8(3-21-4-8)5-22-7(20)10(14,15)11(16,17)9(12,13)6(18)19/h2-5H2,1H3,(H,18,19)/p-1. The first-order valence-electron chi connectivity index (χ1n) is 5.94. The van der Waals surface area contributed by atoms with Crippen LogP contribution in [-0.4, -0.2) is 49.5 Å². The number of ether oxygens (including phenoxy) is 2. The number of esters is 1. The highest BCUT2D eigenvalue weighted by atomic mass is 19.3. The largest absolute Gasteiger partial charge is 0.544 e. The number of rotatable bonds is 7. The molecule has 1 rings (SSSR count). The van der Waals surface area contributed by atoms with Crippen molar-refractivity contribution in [2.24, 2.45) is 5.41 Å². The van der Waals surface area contributed by atoms with Crippen LogP contribution in [0.25, 0.3) is 0 Å². The topological polar surface area (TPSA) is 75.7 Å². The van der Waals surface area contributed by atoms with E-state index < -0.39 is 41.7 Å². The van der Waals surface area contributed by atoms with Gasteiger partial charge in [-0.3, -0.25) is 0 Å². The molecule has 0 bridgehead atoms. The van der Waals surface area contributed by atoms with Crippen molar-refractivity contribution in [2.45, 2.75) is 31.1 Å². The van der Waals surface area contributed by atoms with E-state index in [2.05, 4.69) is 4.74 Å². The zero-order chi connectivity index (χ0) is 17.4. The van der Waals surface area contributed by atoms with E-state index in [-0.39, 0.29) is 13.2 Å². The molecular weight excluding hydrogens is 326 g/mol. The van der Waals surface area contributed by atoms with Crippen LogP contribution >= 0.6 is 0 Å². The van der Waals surface area contributed by atoms with Crippen LogP contribution in [0, 0.1) is 5.41 Å².